The minimum absolute atomic E-state index is 0. The van der Waals surface area contributed by atoms with Crippen molar-refractivity contribution in [3.63, 3.8) is 0 Å². The molecule has 4 nitrogen and oxygen atoms in total. The summed E-state index contributed by atoms with van der Waals surface area (Å²) in [5.41, 5.74) is 3.49. The second-order valence-corrected chi connectivity index (χ2v) is 5.61. The largest absolute Gasteiger partial charge is 1.00 e. The average molecular weight is 315 g/mol. The van der Waals surface area contributed by atoms with Gasteiger partial charge in [-0.15, -0.1) is 0 Å². The second kappa shape index (κ2) is 8.59. The summed E-state index contributed by atoms with van der Waals surface area (Å²) in [6.45, 7) is 10.4. The Morgan fingerprint density at radius 2 is 1.76 bits per heavy atom. The van der Waals surface area contributed by atoms with Crippen LogP contribution in [0.15, 0.2) is 12.1 Å². The van der Waals surface area contributed by atoms with Crippen molar-refractivity contribution >= 4 is 0 Å². The first-order valence-electron chi connectivity index (χ1n) is 7.25. The first kappa shape index (κ1) is 18.2. The van der Waals surface area contributed by atoms with Crippen LogP contribution in [-0.2, 0) is 4.74 Å². The molecule has 21 heavy (non-hydrogen) atoms. The van der Waals surface area contributed by atoms with Crippen molar-refractivity contribution in [2.75, 3.05) is 39.5 Å². The summed E-state index contributed by atoms with van der Waals surface area (Å²) in [7, 11) is 0. The maximum Gasteiger partial charge on any atom is 0.125 e. The Labute approximate surface area is 133 Å². The Bertz CT molecular complexity index is 424. The molecule has 1 atom stereocenters. The summed E-state index contributed by atoms with van der Waals surface area (Å²) < 4.78 is 11.1. The Morgan fingerprint density at radius 3 is 2.33 bits per heavy atom. The monoisotopic (exact) mass is 314 g/mol. The minimum Gasteiger partial charge on any atom is -1.00 e. The molecular weight excluding hydrogens is 290 g/mol. The van der Waals surface area contributed by atoms with Crippen LogP contribution in [0.4, 0.5) is 0 Å². The number of ether oxygens (including phenoxy) is 2. The molecule has 1 aliphatic rings. The van der Waals surface area contributed by atoms with E-state index in [1.807, 2.05) is 13.8 Å². The number of hydrogen-bond donors (Lipinski definition) is 1. The molecule has 1 aliphatic heterocycles. The normalized spacial score (nSPS) is 17.1. The molecule has 0 spiro atoms. The molecule has 0 aromatic heterocycles. The van der Waals surface area contributed by atoms with E-state index in [4.69, 9.17) is 9.47 Å². The molecule has 0 amide bonds. The predicted octanol–water partition coefficient (Wildman–Crippen LogP) is -1.31. The third-order valence-corrected chi connectivity index (χ3v) is 3.60. The number of benzene rings is 1. The molecule has 1 aromatic rings. The van der Waals surface area contributed by atoms with Gasteiger partial charge < -0.3 is 27.0 Å². The first-order chi connectivity index (χ1) is 9.56. The lowest BCUT2D eigenvalue weighted by Crippen LogP contribution is -3.00. The maximum absolute atomic E-state index is 10.1. The summed E-state index contributed by atoms with van der Waals surface area (Å²) in [5, 5.41) is 10.1. The molecule has 1 saturated heterocycles. The lowest BCUT2D eigenvalue weighted by atomic mass is 10.1. The van der Waals surface area contributed by atoms with E-state index in [0.717, 1.165) is 43.2 Å². The summed E-state index contributed by atoms with van der Waals surface area (Å²) in [6.07, 6.45) is -0.465. The molecule has 1 N–H and O–H groups in total. The molecule has 1 fully saturated rings. The number of hydrogen-bond acceptors (Lipinski definition) is 4. The third-order valence-electron chi connectivity index (χ3n) is 3.60. The molecular formula is C16H25ClNO3-. The van der Waals surface area contributed by atoms with Gasteiger partial charge in [-0.05, 0) is 31.9 Å². The summed E-state index contributed by atoms with van der Waals surface area (Å²) in [6, 6.07) is 4.22. The van der Waals surface area contributed by atoms with Gasteiger partial charge in [0.2, 0.25) is 0 Å². The smallest absolute Gasteiger partial charge is 0.125 e. The number of morpholine rings is 1. The van der Waals surface area contributed by atoms with Crippen LogP contribution in [0, 0.1) is 20.8 Å². The van der Waals surface area contributed by atoms with Gasteiger partial charge in [-0.1, -0.05) is 17.7 Å². The Morgan fingerprint density at radius 1 is 1.19 bits per heavy atom. The number of aryl methyl sites for hydroxylation is 3. The molecule has 120 valence electrons. The van der Waals surface area contributed by atoms with Crippen LogP contribution in [0.3, 0.4) is 0 Å². The van der Waals surface area contributed by atoms with Crippen LogP contribution in [-0.4, -0.2) is 55.6 Å². The van der Waals surface area contributed by atoms with E-state index in [0.29, 0.717) is 13.2 Å². The van der Waals surface area contributed by atoms with Gasteiger partial charge >= 0.3 is 0 Å². The highest BCUT2D eigenvalue weighted by atomic mass is 35.5. The zero-order chi connectivity index (χ0) is 14.5. The standard InChI is InChI=1S/C16H25NO3.ClH/c1-12-8-13(2)16(14(3)9-12)20-11-15(18)10-17-4-6-19-7-5-17;/h8-9,15,18H,4-7,10-11H2,1-3H3;1H/p-1. The van der Waals surface area contributed by atoms with E-state index in [9.17, 15) is 5.11 Å². The van der Waals surface area contributed by atoms with Gasteiger partial charge in [0.1, 0.15) is 18.5 Å². The van der Waals surface area contributed by atoms with E-state index in [1.165, 1.54) is 5.56 Å². The molecule has 1 unspecified atom stereocenters. The van der Waals surface area contributed by atoms with E-state index >= 15 is 0 Å². The highest BCUT2D eigenvalue weighted by Crippen LogP contribution is 2.24. The van der Waals surface area contributed by atoms with Gasteiger partial charge in [-0.25, -0.2) is 0 Å². The van der Waals surface area contributed by atoms with Crippen LogP contribution >= 0.6 is 0 Å². The zero-order valence-electron chi connectivity index (χ0n) is 13.1. The van der Waals surface area contributed by atoms with Gasteiger partial charge in [0, 0.05) is 19.6 Å². The predicted molar refractivity (Wildman–Crippen MR) is 79.4 cm³/mol. The van der Waals surface area contributed by atoms with Gasteiger partial charge in [-0.2, -0.15) is 0 Å². The molecule has 0 bridgehead atoms. The SMILES string of the molecule is Cc1cc(C)c(OCC(O)CN2CCOCC2)c(C)c1.[Cl-]. The summed E-state index contributed by atoms with van der Waals surface area (Å²) in [4.78, 5) is 2.21. The fourth-order valence-electron chi connectivity index (χ4n) is 2.71. The minimum atomic E-state index is -0.465. The van der Waals surface area contributed by atoms with E-state index in [-0.39, 0.29) is 12.4 Å². The second-order valence-electron chi connectivity index (χ2n) is 5.61. The van der Waals surface area contributed by atoms with Crippen molar-refractivity contribution < 1.29 is 27.0 Å². The highest BCUT2D eigenvalue weighted by Gasteiger charge is 2.16. The van der Waals surface area contributed by atoms with E-state index in [2.05, 4.69) is 24.0 Å². The van der Waals surface area contributed by atoms with Crippen molar-refractivity contribution in [1.29, 1.82) is 0 Å². The summed E-state index contributed by atoms with van der Waals surface area (Å²) >= 11 is 0. The van der Waals surface area contributed by atoms with Gasteiger partial charge in [0.25, 0.3) is 0 Å². The number of halogens is 1. The highest BCUT2D eigenvalue weighted by molar-refractivity contribution is 5.42. The molecule has 0 saturated carbocycles. The van der Waals surface area contributed by atoms with E-state index in [1.54, 1.807) is 0 Å². The van der Waals surface area contributed by atoms with Crippen molar-refractivity contribution in [2.24, 2.45) is 0 Å². The number of aliphatic hydroxyl groups is 1. The molecule has 2 rings (SSSR count). The average Bonchev–Trinajstić information content (AvgIpc) is 2.38. The number of rotatable bonds is 5. The Hall–Kier alpha value is -0.810. The summed E-state index contributed by atoms with van der Waals surface area (Å²) in [5.74, 6) is 0.900. The topological polar surface area (TPSA) is 41.9 Å². The van der Waals surface area contributed by atoms with Crippen LogP contribution < -0.4 is 17.1 Å². The quantitative estimate of drug-likeness (QED) is 0.733. The van der Waals surface area contributed by atoms with Crippen LogP contribution in [0.5, 0.6) is 5.75 Å². The van der Waals surface area contributed by atoms with Gasteiger partial charge in [0.05, 0.1) is 13.2 Å². The van der Waals surface area contributed by atoms with Crippen LogP contribution in [0.1, 0.15) is 16.7 Å². The van der Waals surface area contributed by atoms with Crippen molar-refractivity contribution in [3.8, 4) is 5.75 Å². The first-order valence-corrected chi connectivity index (χ1v) is 7.25. The lowest BCUT2D eigenvalue weighted by molar-refractivity contribution is -0.0000362. The van der Waals surface area contributed by atoms with Crippen LogP contribution in [0.25, 0.3) is 0 Å². The molecule has 5 heteroatoms. The molecule has 1 heterocycles. The number of nitrogens with zero attached hydrogens (tertiary/aromatic N) is 1. The lowest BCUT2D eigenvalue weighted by Gasteiger charge is -2.28. The fraction of sp³-hybridized carbons (Fsp3) is 0.625. The molecule has 0 aliphatic carbocycles. The molecule has 0 radical (unpaired) electrons. The van der Waals surface area contributed by atoms with E-state index < -0.39 is 6.10 Å². The zero-order valence-corrected chi connectivity index (χ0v) is 13.8. The number of β-amino-alcohol motifs (C(OH)–C–C–N with tert-alkyl or cyclic N) is 1. The Balaban J connectivity index is 0.00000220. The number of aliphatic hydroxyl groups excluding tert-OH is 1. The van der Waals surface area contributed by atoms with Crippen molar-refractivity contribution in [3.05, 3.63) is 28.8 Å². The van der Waals surface area contributed by atoms with Crippen molar-refractivity contribution in [1.82, 2.24) is 4.90 Å². The fourth-order valence-corrected chi connectivity index (χ4v) is 2.71. The van der Waals surface area contributed by atoms with Gasteiger partial charge in [-0.3, -0.25) is 4.90 Å². The van der Waals surface area contributed by atoms with Gasteiger partial charge in [0.15, 0.2) is 0 Å². The van der Waals surface area contributed by atoms with Crippen molar-refractivity contribution in [2.45, 2.75) is 26.9 Å². The third kappa shape index (κ3) is 5.47. The Kier molecular flexibility index (Phi) is 7.46. The maximum atomic E-state index is 10.1. The molecule has 1 aromatic carbocycles. The van der Waals surface area contributed by atoms with Crippen LogP contribution in [0.2, 0.25) is 0 Å².